The average molecular weight is 375 g/mol. The van der Waals surface area contributed by atoms with Gasteiger partial charge in [-0.15, -0.1) is 0 Å². The van der Waals surface area contributed by atoms with Crippen molar-refractivity contribution in [2.75, 3.05) is 26.2 Å². The number of rotatable bonds is 4. The monoisotopic (exact) mass is 375 g/mol. The highest BCUT2D eigenvalue weighted by Gasteiger charge is 2.21. The van der Waals surface area contributed by atoms with Gasteiger partial charge in [-0.3, -0.25) is 9.69 Å². The van der Waals surface area contributed by atoms with Gasteiger partial charge in [-0.25, -0.2) is 4.98 Å². The van der Waals surface area contributed by atoms with Crippen molar-refractivity contribution >= 4 is 5.91 Å². The van der Waals surface area contributed by atoms with E-state index in [-0.39, 0.29) is 5.91 Å². The molecule has 0 aliphatic carbocycles. The fraction of sp³-hybridized carbons (Fsp3) is 0.304. The average Bonchev–Trinajstić information content (AvgIpc) is 3.09. The van der Waals surface area contributed by atoms with Gasteiger partial charge in [0.2, 0.25) is 11.8 Å². The minimum Gasteiger partial charge on any atom is -0.441 e. The predicted octanol–water partition coefficient (Wildman–Crippen LogP) is 3.98. The molecule has 5 heteroatoms. The molecule has 28 heavy (non-hydrogen) atoms. The smallest absolute Gasteiger partial charge is 0.226 e. The molecule has 1 saturated heterocycles. The van der Waals surface area contributed by atoms with Crippen LogP contribution in [0.5, 0.6) is 0 Å². The lowest BCUT2D eigenvalue weighted by molar-refractivity contribution is -0.130. The molecule has 3 aromatic rings. The molecule has 1 aromatic heterocycles. The molecule has 0 atom stereocenters. The third-order valence-electron chi connectivity index (χ3n) is 5.32. The van der Waals surface area contributed by atoms with Gasteiger partial charge in [-0.2, -0.15) is 0 Å². The normalized spacial score (nSPS) is 15.0. The molecule has 0 bridgehead atoms. The molecule has 1 fully saturated rings. The molecule has 5 nitrogen and oxygen atoms in total. The third-order valence-corrected chi connectivity index (χ3v) is 5.32. The van der Waals surface area contributed by atoms with E-state index >= 15 is 0 Å². The molecule has 4 rings (SSSR count). The van der Waals surface area contributed by atoms with E-state index in [1.165, 1.54) is 11.1 Å². The molecular weight excluding hydrogens is 350 g/mol. The first-order chi connectivity index (χ1) is 13.6. The Bertz CT molecular complexity index is 940. The molecule has 144 valence electrons. The topological polar surface area (TPSA) is 49.6 Å². The summed E-state index contributed by atoms with van der Waals surface area (Å²) in [6.07, 6.45) is 0. The SMILES string of the molecule is CC(=O)N1CCN(Cc2nc(-c3ccc(-c4ccccc4)cc3)oc2C)CC1. The van der Waals surface area contributed by atoms with Crippen molar-refractivity contribution in [1.29, 1.82) is 0 Å². The summed E-state index contributed by atoms with van der Waals surface area (Å²) in [4.78, 5) is 20.4. The Kier molecular flexibility index (Phi) is 5.26. The Hall–Kier alpha value is -2.92. The summed E-state index contributed by atoms with van der Waals surface area (Å²) in [5.41, 5.74) is 4.33. The van der Waals surface area contributed by atoms with Crippen LogP contribution in [0.25, 0.3) is 22.6 Å². The van der Waals surface area contributed by atoms with Crippen LogP contribution in [-0.4, -0.2) is 46.9 Å². The molecule has 0 spiro atoms. The summed E-state index contributed by atoms with van der Waals surface area (Å²) in [7, 11) is 0. The van der Waals surface area contributed by atoms with Crippen LogP contribution in [0.15, 0.2) is 59.0 Å². The zero-order chi connectivity index (χ0) is 19.5. The van der Waals surface area contributed by atoms with Gasteiger partial charge in [0.15, 0.2) is 0 Å². The van der Waals surface area contributed by atoms with Crippen molar-refractivity contribution in [2.45, 2.75) is 20.4 Å². The van der Waals surface area contributed by atoms with Gasteiger partial charge in [0.05, 0.1) is 5.69 Å². The largest absolute Gasteiger partial charge is 0.441 e. The van der Waals surface area contributed by atoms with Crippen LogP contribution in [0.2, 0.25) is 0 Å². The third kappa shape index (κ3) is 3.99. The van der Waals surface area contributed by atoms with Gasteiger partial charge < -0.3 is 9.32 Å². The van der Waals surface area contributed by atoms with Crippen LogP contribution in [-0.2, 0) is 11.3 Å². The first kappa shape index (κ1) is 18.4. The zero-order valence-electron chi connectivity index (χ0n) is 16.4. The minimum absolute atomic E-state index is 0.151. The van der Waals surface area contributed by atoms with Crippen LogP contribution in [0.3, 0.4) is 0 Å². The number of benzene rings is 2. The van der Waals surface area contributed by atoms with Gasteiger partial charge >= 0.3 is 0 Å². The first-order valence-electron chi connectivity index (χ1n) is 9.70. The lowest BCUT2D eigenvalue weighted by Gasteiger charge is -2.33. The highest BCUT2D eigenvalue weighted by atomic mass is 16.4. The van der Waals surface area contributed by atoms with Gasteiger partial charge in [-0.1, -0.05) is 42.5 Å². The Morgan fingerprint density at radius 1 is 0.929 bits per heavy atom. The van der Waals surface area contributed by atoms with Crippen LogP contribution >= 0.6 is 0 Å². The molecule has 0 N–H and O–H groups in total. The maximum Gasteiger partial charge on any atom is 0.226 e. The predicted molar refractivity (Wildman–Crippen MR) is 110 cm³/mol. The lowest BCUT2D eigenvalue weighted by Crippen LogP contribution is -2.47. The molecule has 2 heterocycles. The summed E-state index contributed by atoms with van der Waals surface area (Å²) in [5.74, 6) is 1.67. The van der Waals surface area contributed by atoms with Crippen molar-refractivity contribution in [3.05, 3.63) is 66.1 Å². The maximum atomic E-state index is 11.5. The van der Waals surface area contributed by atoms with E-state index in [0.717, 1.165) is 49.7 Å². The van der Waals surface area contributed by atoms with Crippen molar-refractivity contribution in [2.24, 2.45) is 0 Å². The Labute approximate surface area is 165 Å². The number of aromatic nitrogens is 1. The second-order valence-electron chi connectivity index (χ2n) is 7.25. The summed E-state index contributed by atoms with van der Waals surface area (Å²) in [6.45, 7) is 7.64. The molecule has 0 unspecified atom stereocenters. The highest BCUT2D eigenvalue weighted by molar-refractivity contribution is 5.73. The lowest BCUT2D eigenvalue weighted by atomic mass is 10.0. The van der Waals surface area contributed by atoms with Gasteiger partial charge in [0.25, 0.3) is 0 Å². The van der Waals surface area contributed by atoms with Crippen LogP contribution in [0, 0.1) is 6.92 Å². The number of carbonyl (C=O) groups is 1. The number of aryl methyl sites for hydroxylation is 1. The Morgan fingerprint density at radius 2 is 1.54 bits per heavy atom. The van der Waals surface area contributed by atoms with E-state index in [9.17, 15) is 4.79 Å². The van der Waals surface area contributed by atoms with E-state index in [1.807, 2.05) is 30.0 Å². The van der Waals surface area contributed by atoms with Gasteiger partial charge in [-0.05, 0) is 30.2 Å². The summed E-state index contributed by atoms with van der Waals surface area (Å²) in [6, 6.07) is 18.6. The first-order valence-corrected chi connectivity index (χ1v) is 9.70. The number of hydrogen-bond donors (Lipinski definition) is 0. The van der Waals surface area contributed by atoms with E-state index in [1.54, 1.807) is 6.92 Å². The fourth-order valence-corrected chi connectivity index (χ4v) is 3.57. The molecule has 1 amide bonds. The number of amides is 1. The van der Waals surface area contributed by atoms with Gasteiger partial charge in [0, 0.05) is 45.2 Å². The van der Waals surface area contributed by atoms with Crippen LogP contribution in [0.1, 0.15) is 18.4 Å². The fourth-order valence-electron chi connectivity index (χ4n) is 3.57. The molecule has 0 saturated carbocycles. The number of hydrogen-bond acceptors (Lipinski definition) is 4. The van der Waals surface area contributed by atoms with E-state index in [4.69, 9.17) is 9.40 Å². The standard InChI is InChI=1S/C23H25N3O2/c1-17-22(16-25-12-14-26(15-13-25)18(2)27)24-23(28-17)21-10-8-20(9-11-21)19-6-4-3-5-7-19/h3-11H,12-16H2,1-2H3. The van der Waals surface area contributed by atoms with Crippen molar-refractivity contribution in [3.63, 3.8) is 0 Å². The second-order valence-corrected chi connectivity index (χ2v) is 7.25. The second kappa shape index (κ2) is 7.98. The molecule has 2 aromatic carbocycles. The van der Waals surface area contributed by atoms with Crippen molar-refractivity contribution in [3.8, 4) is 22.6 Å². The maximum absolute atomic E-state index is 11.5. The van der Waals surface area contributed by atoms with Gasteiger partial charge in [0.1, 0.15) is 5.76 Å². The number of piperazine rings is 1. The highest BCUT2D eigenvalue weighted by Crippen LogP contribution is 2.26. The summed E-state index contributed by atoms with van der Waals surface area (Å²) < 4.78 is 5.94. The van der Waals surface area contributed by atoms with E-state index < -0.39 is 0 Å². The number of oxazole rings is 1. The van der Waals surface area contributed by atoms with Crippen molar-refractivity contribution in [1.82, 2.24) is 14.8 Å². The van der Waals surface area contributed by atoms with Crippen LogP contribution < -0.4 is 0 Å². The number of nitrogens with zero attached hydrogens (tertiary/aromatic N) is 3. The quantitative estimate of drug-likeness (QED) is 0.692. The van der Waals surface area contributed by atoms with Crippen molar-refractivity contribution < 1.29 is 9.21 Å². The zero-order valence-corrected chi connectivity index (χ0v) is 16.4. The van der Waals surface area contributed by atoms with E-state index in [0.29, 0.717) is 5.89 Å². The summed E-state index contributed by atoms with van der Waals surface area (Å²) >= 11 is 0. The van der Waals surface area contributed by atoms with Crippen LogP contribution in [0.4, 0.5) is 0 Å². The molecule has 1 aliphatic rings. The summed E-state index contributed by atoms with van der Waals surface area (Å²) in [5, 5.41) is 0. The van der Waals surface area contributed by atoms with E-state index in [2.05, 4.69) is 41.3 Å². The number of carbonyl (C=O) groups excluding carboxylic acids is 1. The molecule has 1 aliphatic heterocycles. The Balaban J connectivity index is 1.45. The minimum atomic E-state index is 0.151. The Morgan fingerprint density at radius 3 is 2.18 bits per heavy atom. The molecular formula is C23H25N3O2. The molecule has 0 radical (unpaired) electrons.